The molecule has 8 heteroatoms. The van der Waals surface area contributed by atoms with Crippen LogP contribution in [0.2, 0.25) is 0 Å². The molecule has 0 saturated heterocycles. The van der Waals surface area contributed by atoms with E-state index >= 15 is 0 Å². The number of ether oxygens (including phenoxy) is 2. The second-order valence-electron chi connectivity index (χ2n) is 5.30. The van der Waals surface area contributed by atoms with Gasteiger partial charge in [0.1, 0.15) is 5.69 Å². The number of nitrogens with zero attached hydrogens (tertiary/aromatic N) is 3. The van der Waals surface area contributed by atoms with Crippen LogP contribution in [0.4, 0.5) is 0 Å². The van der Waals surface area contributed by atoms with Gasteiger partial charge in [0.05, 0.1) is 18.4 Å². The Morgan fingerprint density at radius 1 is 1.32 bits per heavy atom. The molecule has 4 rings (SSSR count). The number of hydrogen-bond acceptors (Lipinski definition) is 6. The van der Waals surface area contributed by atoms with Crippen molar-refractivity contribution in [1.82, 2.24) is 20.3 Å². The van der Waals surface area contributed by atoms with E-state index < -0.39 is 0 Å². The van der Waals surface area contributed by atoms with Crippen LogP contribution >= 0.6 is 11.3 Å². The fourth-order valence-corrected chi connectivity index (χ4v) is 2.94. The van der Waals surface area contributed by atoms with Crippen LogP contribution in [0.25, 0.3) is 11.8 Å². The van der Waals surface area contributed by atoms with E-state index in [4.69, 9.17) is 9.47 Å². The summed E-state index contributed by atoms with van der Waals surface area (Å²) in [6.07, 6.45) is 4.99. The molecule has 1 aliphatic heterocycles. The normalized spacial score (nSPS) is 12.6. The number of thiophene rings is 1. The summed E-state index contributed by atoms with van der Waals surface area (Å²) in [6, 6.07) is 7.47. The molecule has 2 aromatic heterocycles. The average Bonchev–Trinajstić information content (AvgIpc) is 3.38. The van der Waals surface area contributed by atoms with Gasteiger partial charge < -0.3 is 14.8 Å². The predicted molar refractivity (Wildman–Crippen MR) is 92.7 cm³/mol. The molecule has 1 N–H and O–H groups in total. The number of benzene rings is 1. The van der Waals surface area contributed by atoms with Gasteiger partial charge in [-0.2, -0.15) is 11.3 Å². The molecule has 0 saturated carbocycles. The highest BCUT2D eigenvalue weighted by Gasteiger charge is 2.12. The molecular weight excluding hydrogens is 340 g/mol. The molecular formula is C17H14N4O3S. The van der Waals surface area contributed by atoms with Gasteiger partial charge in [-0.05, 0) is 35.2 Å². The maximum absolute atomic E-state index is 12.0. The number of carbonyl (C=O) groups excluding carboxylic acids is 1. The Labute approximate surface area is 147 Å². The summed E-state index contributed by atoms with van der Waals surface area (Å²) < 4.78 is 12.2. The third kappa shape index (κ3) is 3.53. The maximum Gasteiger partial charge on any atom is 0.244 e. The number of carbonyl (C=O) groups is 1. The first-order chi connectivity index (χ1) is 12.3. The van der Waals surface area contributed by atoms with Gasteiger partial charge in [-0.15, -0.1) is 5.10 Å². The van der Waals surface area contributed by atoms with Crippen molar-refractivity contribution in [3.63, 3.8) is 0 Å². The molecule has 0 bridgehead atoms. The van der Waals surface area contributed by atoms with E-state index in [1.807, 2.05) is 35.0 Å². The van der Waals surface area contributed by atoms with Crippen molar-refractivity contribution in [3.05, 3.63) is 58.6 Å². The Morgan fingerprint density at radius 3 is 3.12 bits per heavy atom. The molecule has 0 radical (unpaired) electrons. The summed E-state index contributed by atoms with van der Waals surface area (Å²) in [4.78, 5) is 12.0. The van der Waals surface area contributed by atoms with Crippen LogP contribution in [-0.2, 0) is 11.3 Å². The van der Waals surface area contributed by atoms with Crippen LogP contribution in [-0.4, -0.2) is 27.7 Å². The predicted octanol–water partition coefficient (Wildman–Crippen LogP) is 2.39. The standard InChI is InChI=1S/C17H14N4O3S/c22-17(4-2-12-1-3-15-16(7-12)24-11-23-15)18-8-13-9-21(20-19-13)14-5-6-25-10-14/h1-7,9-10H,8,11H2,(H,18,22)/b4-2+. The molecule has 3 aromatic rings. The number of amides is 1. The minimum Gasteiger partial charge on any atom is -0.454 e. The van der Waals surface area contributed by atoms with Crippen LogP contribution in [0.1, 0.15) is 11.3 Å². The number of hydrogen-bond donors (Lipinski definition) is 1. The van der Waals surface area contributed by atoms with Crippen molar-refractivity contribution in [2.24, 2.45) is 0 Å². The van der Waals surface area contributed by atoms with Crippen molar-refractivity contribution >= 4 is 23.3 Å². The zero-order valence-corrected chi connectivity index (χ0v) is 13.9. The molecule has 3 heterocycles. The first-order valence-electron chi connectivity index (χ1n) is 7.57. The lowest BCUT2D eigenvalue weighted by Crippen LogP contribution is -2.20. The molecule has 0 atom stereocenters. The summed E-state index contributed by atoms with van der Waals surface area (Å²) in [6.45, 7) is 0.545. The van der Waals surface area contributed by atoms with Gasteiger partial charge in [-0.25, -0.2) is 4.68 Å². The Bertz CT molecular complexity index is 918. The monoisotopic (exact) mass is 354 g/mol. The van der Waals surface area contributed by atoms with Gasteiger partial charge >= 0.3 is 0 Å². The first kappa shape index (κ1) is 15.4. The lowest BCUT2D eigenvalue weighted by molar-refractivity contribution is -0.116. The van der Waals surface area contributed by atoms with Crippen molar-refractivity contribution in [2.45, 2.75) is 6.54 Å². The van der Waals surface area contributed by atoms with Gasteiger partial charge in [0.15, 0.2) is 11.5 Å². The molecule has 25 heavy (non-hydrogen) atoms. The fourth-order valence-electron chi connectivity index (χ4n) is 2.32. The highest BCUT2D eigenvalue weighted by molar-refractivity contribution is 7.08. The summed E-state index contributed by atoms with van der Waals surface area (Å²) in [5.41, 5.74) is 2.51. The lowest BCUT2D eigenvalue weighted by Gasteiger charge is -1.99. The minimum atomic E-state index is -0.206. The van der Waals surface area contributed by atoms with E-state index in [9.17, 15) is 4.79 Å². The second kappa shape index (κ2) is 6.78. The summed E-state index contributed by atoms with van der Waals surface area (Å²) in [5, 5.41) is 14.8. The van der Waals surface area contributed by atoms with E-state index in [1.165, 1.54) is 6.08 Å². The molecule has 0 aliphatic carbocycles. The van der Waals surface area contributed by atoms with Gasteiger partial charge in [-0.1, -0.05) is 11.3 Å². The second-order valence-corrected chi connectivity index (χ2v) is 6.08. The fraction of sp³-hybridized carbons (Fsp3) is 0.118. The third-order valence-electron chi connectivity index (χ3n) is 3.58. The lowest BCUT2D eigenvalue weighted by atomic mass is 10.2. The molecule has 1 aromatic carbocycles. The number of rotatable bonds is 5. The molecule has 0 unspecified atom stereocenters. The first-order valence-corrected chi connectivity index (χ1v) is 8.51. The van der Waals surface area contributed by atoms with E-state index in [1.54, 1.807) is 28.3 Å². The van der Waals surface area contributed by atoms with Crippen LogP contribution in [0.15, 0.2) is 47.3 Å². The third-order valence-corrected chi connectivity index (χ3v) is 4.25. The van der Waals surface area contributed by atoms with Crippen LogP contribution in [0.5, 0.6) is 11.5 Å². The average molecular weight is 354 g/mol. The molecule has 0 spiro atoms. The number of fused-ring (bicyclic) bond motifs is 1. The van der Waals surface area contributed by atoms with Gasteiger partial charge in [0.25, 0.3) is 0 Å². The number of aromatic nitrogens is 3. The SMILES string of the molecule is O=C(/C=C/c1ccc2c(c1)OCO2)NCc1cn(-c2ccsc2)nn1. The Hall–Kier alpha value is -3.13. The molecule has 7 nitrogen and oxygen atoms in total. The van der Waals surface area contributed by atoms with E-state index in [0.717, 1.165) is 17.0 Å². The van der Waals surface area contributed by atoms with Crippen molar-refractivity contribution in [3.8, 4) is 17.2 Å². The summed E-state index contributed by atoms with van der Waals surface area (Å²) in [5.74, 6) is 1.20. The van der Waals surface area contributed by atoms with Gasteiger partial charge in [-0.3, -0.25) is 4.79 Å². The van der Waals surface area contributed by atoms with E-state index in [0.29, 0.717) is 18.0 Å². The Morgan fingerprint density at radius 2 is 2.24 bits per heavy atom. The zero-order chi connectivity index (χ0) is 17.1. The summed E-state index contributed by atoms with van der Waals surface area (Å²) in [7, 11) is 0. The van der Waals surface area contributed by atoms with Gasteiger partial charge in [0, 0.05) is 11.5 Å². The molecule has 126 valence electrons. The molecule has 1 aliphatic rings. The van der Waals surface area contributed by atoms with Crippen LogP contribution in [0.3, 0.4) is 0 Å². The largest absolute Gasteiger partial charge is 0.454 e. The van der Waals surface area contributed by atoms with E-state index in [-0.39, 0.29) is 12.7 Å². The quantitative estimate of drug-likeness (QED) is 0.712. The van der Waals surface area contributed by atoms with Crippen molar-refractivity contribution in [2.75, 3.05) is 6.79 Å². The minimum absolute atomic E-state index is 0.206. The van der Waals surface area contributed by atoms with Crippen LogP contribution in [0, 0.1) is 0 Å². The van der Waals surface area contributed by atoms with Gasteiger partial charge in [0.2, 0.25) is 12.7 Å². The van der Waals surface area contributed by atoms with Crippen molar-refractivity contribution < 1.29 is 14.3 Å². The zero-order valence-electron chi connectivity index (χ0n) is 13.1. The Balaban J connectivity index is 1.33. The topological polar surface area (TPSA) is 78.3 Å². The number of nitrogens with one attached hydrogen (secondary N) is 1. The summed E-state index contributed by atoms with van der Waals surface area (Å²) >= 11 is 1.59. The Kier molecular flexibility index (Phi) is 4.17. The molecule has 1 amide bonds. The van der Waals surface area contributed by atoms with Crippen molar-refractivity contribution in [1.29, 1.82) is 0 Å². The highest BCUT2D eigenvalue weighted by Crippen LogP contribution is 2.32. The van der Waals surface area contributed by atoms with E-state index in [2.05, 4.69) is 15.6 Å². The molecule has 0 fully saturated rings. The highest BCUT2D eigenvalue weighted by atomic mass is 32.1. The van der Waals surface area contributed by atoms with Crippen LogP contribution < -0.4 is 14.8 Å². The smallest absolute Gasteiger partial charge is 0.244 e. The maximum atomic E-state index is 12.0.